The zero-order valence-electron chi connectivity index (χ0n) is 12.4. The minimum Gasteiger partial charge on any atom is -0.462 e. The van der Waals surface area contributed by atoms with Crippen LogP contribution < -0.4 is 5.32 Å². The lowest BCUT2D eigenvalue weighted by Crippen LogP contribution is -2.43. The summed E-state index contributed by atoms with van der Waals surface area (Å²) in [4.78, 5) is 11.6. The molecule has 0 atom stereocenters. The van der Waals surface area contributed by atoms with Crippen molar-refractivity contribution in [1.29, 1.82) is 0 Å². The van der Waals surface area contributed by atoms with Crippen LogP contribution in [-0.2, 0) is 19.6 Å². The number of amides is 1. The van der Waals surface area contributed by atoms with E-state index >= 15 is 0 Å². The topological polar surface area (TPSA) is 88.9 Å². The molecule has 1 fully saturated rings. The van der Waals surface area contributed by atoms with E-state index in [1.165, 1.54) is 10.4 Å². The number of furan rings is 1. The van der Waals surface area contributed by atoms with Gasteiger partial charge in [0.25, 0.3) is 0 Å². The molecule has 22 heavy (non-hydrogen) atoms. The molecule has 8 heteroatoms. The SMILES string of the molecule is Cc1ccc(/C=C\C(=O)NCCS(=O)(=O)N2CCOCC2)o1. The van der Waals surface area contributed by atoms with Gasteiger partial charge in [-0.05, 0) is 25.1 Å². The molecule has 1 aromatic rings. The molecule has 2 rings (SSSR count). The van der Waals surface area contributed by atoms with Crippen LogP contribution in [0.4, 0.5) is 0 Å². The maximum Gasteiger partial charge on any atom is 0.244 e. The van der Waals surface area contributed by atoms with Crippen LogP contribution in [0, 0.1) is 6.92 Å². The Balaban J connectivity index is 1.75. The molecule has 0 aliphatic carbocycles. The zero-order valence-corrected chi connectivity index (χ0v) is 13.3. The summed E-state index contributed by atoms with van der Waals surface area (Å²) in [6.45, 7) is 3.45. The Kier molecular flexibility index (Phi) is 5.76. The van der Waals surface area contributed by atoms with E-state index in [-0.39, 0.29) is 18.2 Å². The van der Waals surface area contributed by atoms with Gasteiger partial charge in [-0.1, -0.05) is 0 Å². The van der Waals surface area contributed by atoms with E-state index in [4.69, 9.17) is 9.15 Å². The molecule has 0 radical (unpaired) electrons. The molecule has 0 saturated carbocycles. The van der Waals surface area contributed by atoms with E-state index in [9.17, 15) is 13.2 Å². The second kappa shape index (κ2) is 7.57. The molecule has 1 aliphatic rings. The van der Waals surface area contributed by atoms with Gasteiger partial charge in [0, 0.05) is 25.7 Å². The van der Waals surface area contributed by atoms with Crippen molar-refractivity contribution in [2.45, 2.75) is 6.92 Å². The third kappa shape index (κ3) is 4.97. The van der Waals surface area contributed by atoms with E-state index in [1.54, 1.807) is 18.2 Å². The van der Waals surface area contributed by atoms with Crippen molar-refractivity contribution in [2.75, 3.05) is 38.6 Å². The molecule has 1 amide bonds. The van der Waals surface area contributed by atoms with Gasteiger partial charge >= 0.3 is 0 Å². The monoisotopic (exact) mass is 328 g/mol. The van der Waals surface area contributed by atoms with Crippen LogP contribution in [0.15, 0.2) is 22.6 Å². The number of aryl methyl sites for hydroxylation is 1. The summed E-state index contributed by atoms with van der Waals surface area (Å²) in [6, 6.07) is 3.55. The number of carbonyl (C=O) groups is 1. The first-order valence-electron chi connectivity index (χ1n) is 7.05. The van der Waals surface area contributed by atoms with Crippen molar-refractivity contribution in [1.82, 2.24) is 9.62 Å². The average Bonchev–Trinajstić information content (AvgIpc) is 2.91. The fourth-order valence-electron chi connectivity index (χ4n) is 2.02. The average molecular weight is 328 g/mol. The van der Waals surface area contributed by atoms with E-state index in [0.717, 1.165) is 5.76 Å². The summed E-state index contributed by atoms with van der Waals surface area (Å²) < 4.78 is 35.9. The number of morpholine rings is 1. The Hall–Kier alpha value is -1.64. The first kappa shape index (κ1) is 16.7. The molecule has 0 bridgehead atoms. The molecule has 1 N–H and O–H groups in total. The minimum atomic E-state index is -3.35. The number of nitrogens with one attached hydrogen (secondary N) is 1. The van der Waals surface area contributed by atoms with Crippen LogP contribution in [0.3, 0.4) is 0 Å². The molecular weight excluding hydrogens is 308 g/mol. The van der Waals surface area contributed by atoms with Crippen LogP contribution >= 0.6 is 0 Å². The Morgan fingerprint density at radius 1 is 1.36 bits per heavy atom. The van der Waals surface area contributed by atoms with Gasteiger partial charge in [0.05, 0.1) is 19.0 Å². The zero-order chi connectivity index (χ0) is 16.0. The van der Waals surface area contributed by atoms with E-state index in [0.29, 0.717) is 32.1 Å². The lowest BCUT2D eigenvalue weighted by molar-refractivity contribution is -0.116. The van der Waals surface area contributed by atoms with Crippen LogP contribution in [0.2, 0.25) is 0 Å². The largest absolute Gasteiger partial charge is 0.462 e. The summed E-state index contributed by atoms with van der Waals surface area (Å²) in [6.07, 6.45) is 2.86. The van der Waals surface area contributed by atoms with Crippen LogP contribution in [0.1, 0.15) is 11.5 Å². The molecule has 122 valence electrons. The fourth-order valence-corrected chi connectivity index (χ4v) is 3.34. The quantitative estimate of drug-likeness (QED) is 0.763. The van der Waals surface area contributed by atoms with E-state index in [1.807, 2.05) is 6.92 Å². The predicted octanol–water partition coefficient (Wildman–Crippen LogP) is 0.379. The summed E-state index contributed by atoms with van der Waals surface area (Å²) in [5.41, 5.74) is 0. The molecule has 1 saturated heterocycles. The van der Waals surface area contributed by atoms with E-state index < -0.39 is 10.0 Å². The first-order valence-corrected chi connectivity index (χ1v) is 8.66. The molecule has 0 unspecified atom stereocenters. The highest BCUT2D eigenvalue weighted by molar-refractivity contribution is 7.89. The van der Waals surface area contributed by atoms with Crippen molar-refractivity contribution in [2.24, 2.45) is 0 Å². The summed E-state index contributed by atoms with van der Waals surface area (Å²) in [5, 5.41) is 2.55. The van der Waals surface area contributed by atoms with Crippen molar-refractivity contribution in [3.63, 3.8) is 0 Å². The summed E-state index contributed by atoms with van der Waals surface area (Å²) in [5.74, 6) is 0.864. The van der Waals surface area contributed by atoms with Crippen LogP contribution in [0.5, 0.6) is 0 Å². The number of sulfonamides is 1. The normalized spacial score (nSPS) is 17.0. The first-order chi connectivity index (χ1) is 10.5. The molecule has 1 aromatic heterocycles. The standard InChI is InChI=1S/C14H20N2O5S/c1-12-2-3-13(21-12)4-5-14(17)15-6-11-22(18,19)16-7-9-20-10-8-16/h2-5H,6-11H2,1H3,(H,15,17)/b5-4-. The van der Waals surface area contributed by atoms with Gasteiger partial charge in [-0.3, -0.25) is 4.79 Å². The van der Waals surface area contributed by atoms with Crippen molar-refractivity contribution < 1.29 is 22.4 Å². The molecule has 1 aliphatic heterocycles. The van der Waals surface area contributed by atoms with Crippen molar-refractivity contribution >= 4 is 22.0 Å². The number of carbonyl (C=O) groups excluding carboxylic acids is 1. The predicted molar refractivity (Wildman–Crippen MR) is 81.7 cm³/mol. The number of nitrogens with zero attached hydrogens (tertiary/aromatic N) is 1. The summed E-state index contributed by atoms with van der Waals surface area (Å²) in [7, 11) is -3.35. The fraction of sp³-hybridized carbons (Fsp3) is 0.500. The second-order valence-electron chi connectivity index (χ2n) is 4.90. The number of hydrogen-bond acceptors (Lipinski definition) is 5. The lowest BCUT2D eigenvalue weighted by atomic mass is 10.4. The molecular formula is C14H20N2O5S. The van der Waals surface area contributed by atoms with Crippen molar-refractivity contribution in [3.05, 3.63) is 29.7 Å². The Morgan fingerprint density at radius 2 is 2.09 bits per heavy atom. The molecule has 7 nitrogen and oxygen atoms in total. The number of hydrogen-bond donors (Lipinski definition) is 1. The van der Waals surface area contributed by atoms with Gasteiger partial charge in [0.2, 0.25) is 15.9 Å². The number of ether oxygens (including phenoxy) is 1. The smallest absolute Gasteiger partial charge is 0.244 e. The third-order valence-electron chi connectivity index (χ3n) is 3.18. The molecule has 0 spiro atoms. The lowest BCUT2D eigenvalue weighted by Gasteiger charge is -2.25. The van der Waals surface area contributed by atoms with Gasteiger partial charge in [-0.2, -0.15) is 4.31 Å². The van der Waals surface area contributed by atoms with Gasteiger partial charge in [-0.25, -0.2) is 8.42 Å². The van der Waals surface area contributed by atoms with Gasteiger partial charge in [0.15, 0.2) is 0 Å². The Labute approximate surface area is 130 Å². The highest BCUT2D eigenvalue weighted by Gasteiger charge is 2.23. The highest BCUT2D eigenvalue weighted by Crippen LogP contribution is 2.07. The highest BCUT2D eigenvalue weighted by atomic mass is 32.2. The number of rotatable bonds is 6. The molecule has 2 heterocycles. The van der Waals surface area contributed by atoms with Gasteiger partial charge in [-0.15, -0.1) is 0 Å². The Bertz CT molecular complexity index is 629. The maximum atomic E-state index is 12.0. The third-order valence-corrected chi connectivity index (χ3v) is 5.05. The van der Waals surface area contributed by atoms with Crippen molar-refractivity contribution in [3.8, 4) is 0 Å². The van der Waals surface area contributed by atoms with Crippen LogP contribution in [0.25, 0.3) is 6.08 Å². The molecule has 0 aromatic carbocycles. The minimum absolute atomic E-state index is 0.0695. The van der Waals surface area contributed by atoms with Crippen LogP contribution in [-0.4, -0.2) is 57.2 Å². The maximum absolute atomic E-state index is 12.0. The van der Waals surface area contributed by atoms with Gasteiger partial charge in [0.1, 0.15) is 11.5 Å². The van der Waals surface area contributed by atoms with Gasteiger partial charge < -0.3 is 14.5 Å². The Morgan fingerprint density at radius 3 is 2.73 bits per heavy atom. The summed E-state index contributed by atoms with van der Waals surface area (Å²) >= 11 is 0. The second-order valence-corrected chi connectivity index (χ2v) is 6.99. The van der Waals surface area contributed by atoms with E-state index in [2.05, 4.69) is 5.32 Å².